The summed E-state index contributed by atoms with van der Waals surface area (Å²) in [5, 5.41) is 37.0. The summed E-state index contributed by atoms with van der Waals surface area (Å²) >= 11 is 0. The van der Waals surface area contributed by atoms with Gasteiger partial charge in [0.2, 0.25) is 5.78 Å². The molecule has 17 heteroatoms. The summed E-state index contributed by atoms with van der Waals surface area (Å²) in [5.74, 6) is -6.52. The minimum atomic E-state index is -5.22. The number of ether oxygens (including phenoxy) is 3. The molecule has 0 bridgehead atoms. The largest absolute Gasteiger partial charge is 0.507 e. The summed E-state index contributed by atoms with van der Waals surface area (Å²) < 4.78 is 62.2. The standard InChI is InChI=1S/C36H44F3NO12Si/c1-17(40-33(47)36(37,38)39)12-24(51-18(2)15-41)52-22-14-35(48,23(42)16-50-53(7,8)34(3,4)5)13-20-26(22)32(46)28-27(30(20)44)29(43)19-10-9-11-21(49-6)25(19)31(28)45/h9-11,15,17-18,22,24,44,46,48H,12-14,16H2,1-8H3,(H,40,47)/t17-,18-,22-,24-,35-/m0/s1. The highest BCUT2D eigenvalue weighted by Gasteiger charge is 2.51. The number of phenolic OH excluding ortho intramolecular Hbond substituents is 2. The number of halogens is 3. The van der Waals surface area contributed by atoms with E-state index in [4.69, 9.17) is 18.6 Å². The summed E-state index contributed by atoms with van der Waals surface area (Å²) in [6, 6.07) is 2.91. The first kappa shape index (κ1) is 41.6. The van der Waals surface area contributed by atoms with Crippen molar-refractivity contribution in [2.24, 2.45) is 0 Å². The van der Waals surface area contributed by atoms with E-state index in [1.54, 1.807) is 5.32 Å². The van der Waals surface area contributed by atoms with Crippen molar-refractivity contribution in [3.8, 4) is 17.2 Å². The van der Waals surface area contributed by atoms with Crippen LogP contribution in [0.1, 0.15) is 96.5 Å². The molecule has 0 saturated carbocycles. The van der Waals surface area contributed by atoms with E-state index in [1.807, 2.05) is 33.9 Å². The summed E-state index contributed by atoms with van der Waals surface area (Å²) in [7, 11) is -1.29. The molecule has 1 amide bonds. The van der Waals surface area contributed by atoms with E-state index < -0.39 is 116 Å². The van der Waals surface area contributed by atoms with Gasteiger partial charge in [-0.1, -0.05) is 32.9 Å². The molecule has 2 aromatic rings. The number of methoxy groups -OCH3 is 1. The Balaban J connectivity index is 1.87. The van der Waals surface area contributed by atoms with Crippen LogP contribution in [0.25, 0.3) is 0 Å². The van der Waals surface area contributed by atoms with Gasteiger partial charge in [-0.3, -0.25) is 19.2 Å². The maximum atomic E-state index is 14.0. The second kappa shape index (κ2) is 14.9. The number of hydrogen-bond donors (Lipinski definition) is 4. The number of carbonyl (C=O) groups excluding carboxylic acids is 5. The third kappa shape index (κ3) is 8.18. The Labute approximate surface area is 304 Å². The zero-order chi connectivity index (χ0) is 40.0. The number of fused-ring (bicyclic) bond motifs is 3. The predicted molar refractivity (Wildman–Crippen MR) is 184 cm³/mol. The van der Waals surface area contributed by atoms with Gasteiger partial charge in [0.15, 0.2) is 26.2 Å². The average Bonchev–Trinajstić information content (AvgIpc) is 3.05. The van der Waals surface area contributed by atoms with Gasteiger partial charge in [0.25, 0.3) is 0 Å². The number of phenols is 2. The van der Waals surface area contributed by atoms with Gasteiger partial charge in [0.05, 0.1) is 36.5 Å². The van der Waals surface area contributed by atoms with Crippen LogP contribution < -0.4 is 10.1 Å². The van der Waals surface area contributed by atoms with Gasteiger partial charge in [0, 0.05) is 42.0 Å². The molecule has 2 aliphatic rings. The molecule has 5 atom stereocenters. The summed E-state index contributed by atoms with van der Waals surface area (Å²) in [6.07, 6.45) is -11.2. The minimum absolute atomic E-state index is 0.00354. The van der Waals surface area contributed by atoms with Crippen LogP contribution in [-0.2, 0) is 34.7 Å². The predicted octanol–water partition coefficient (Wildman–Crippen LogP) is 4.59. The van der Waals surface area contributed by atoms with E-state index in [9.17, 15) is 52.5 Å². The van der Waals surface area contributed by atoms with Crippen LogP contribution in [0.3, 0.4) is 0 Å². The third-order valence-electron chi connectivity index (χ3n) is 10.0. The van der Waals surface area contributed by atoms with E-state index >= 15 is 0 Å². The summed E-state index contributed by atoms with van der Waals surface area (Å²) in [6.45, 7) is 11.5. The van der Waals surface area contributed by atoms with Crippen molar-refractivity contribution in [1.29, 1.82) is 0 Å². The molecule has 13 nitrogen and oxygen atoms in total. The van der Waals surface area contributed by atoms with Crippen molar-refractivity contribution in [1.82, 2.24) is 5.32 Å². The molecule has 0 aromatic heterocycles. The first-order valence-corrected chi connectivity index (χ1v) is 19.7. The molecule has 0 saturated heterocycles. The molecular weight excluding hydrogens is 723 g/mol. The fraction of sp³-hybridized carbons (Fsp3) is 0.528. The number of hydrogen-bond acceptors (Lipinski definition) is 12. The van der Waals surface area contributed by atoms with Gasteiger partial charge < -0.3 is 44.1 Å². The van der Waals surface area contributed by atoms with E-state index in [-0.39, 0.29) is 33.0 Å². The van der Waals surface area contributed by atoms with Crippen LogP contribution in [0.5, 0.6) is 17.2 Å². The molecule has 290 valence electrons. The normalized spacial score (nSPS) is 20.4. The lowest BCUT2D eigenvalue weighted by Gasteiger charge is -2.41. The number of aliphatic hydroxyl groups is 1. The van der Waals surface area contributed by atoms with Crippen LogP contribution in [0, 0.1) is 0 Å². The molecule has 0 heterocycles. The van der Waals surface area contributed by atoms with Gasteiger partial charge in [-0.05, 0) is 38.0 Å². The van der Waals surface area contributed by atoms with Crippen LogP contribution in [0.2, 0.25) is 18.1 Å². The van der Waals surface area contributed by atoms with E-state index in [0.717, 1.165) is 0 Å². The van der Waals surface area contributed by atoms with Crippen LogP contribution in [-0.4, -0.2) is 97.1 Å². The highest BCUT2D eigenvalue weighted by atomic mass is 28.4. The first-order valence-electron chi connectivity index (χ1n) is 16.8. The lowest BCUT2D eigenvalue weighted by atomic mass is 9.72. The molecule has 0 fully saturated rings. The molecule has 0 radical (unpaired) electrons. The molecule has 53 heavy (non-hydrogen) atoms. The summed E-state index contributed by atoms with van der Waals surface area (Å²) in [5.41, 5.74) is -4.57. The van der Waals surface area contributed by atoms with Crippen LogP contribution >= 0.6 is 0 Å². The number of nitrogens with one attached hydrogen (secondary N) is 1. The highest BCUT2D eigenvalue weighted by molar-refractivity contribution is 6.74. The van der Waals surface area contributed by atoms with Crippen molar-refractivity contribution in [2.45, 2.75) is 108 Å². The zero-order valence-electron chi connectivity index (χ0n) is 30.6. The van der Waals surface area contributed by atoms with Gasteiger partial charge in [-0.25, -0.2) is 0 Å². The Hall–Kier alpha value is -4.16. The Bertz CT molecular complexity index is 1820. The topological polar surface area (TPSA) is 195 Å². The quantitative estimate of drug-likeness (QED) is 0.0819. The van der Waals surface area contributed by atoms with E-state index in [1.165, 1.54) is 39.2 Å². The third-order valence-corrected chi connectivity index (χ3v) is 14.5. The zero-order valence-corrected chi connectivity index (χ0v) is 31.6. The maximum Gasteiger partial charge on any atom is 0.471 e. The molecular formula is C36H44F3NO12Si. The van der Waals surface area contributed by atoms with Crippen LogP contribution in [0.4, 0.5) is 13.2 Å². The molecule has 4 N–H and O–H groups in total. The van der Waals surface area contributed by atoms with Gasteiger partial charge >= 0.3 is 12.1 Å². The second-order valence-electron chi connectivity index (χ2n) is 14.9. The number of rotatable bonds is 13. The Kier molecular flexibility index (Phi) is 11.7. The highest BCUT2D eigenvalue weighted by Crippen LogP contribution is 2.52. The fourth-order valence-corrected chi connectivity index (χ4v) is 7.02. The minimum Gasteiger partial charge on any atom is -0.507 e. The van der Waals surface area contributed by atoms with Gasteiger partial charge in [0.1, 0.15) is 35.2 Å². The van der Waals surface area contributed by atoms with Crippen molar-refractivity contribution in [3.05, 3.63) is 51.6 Å². The fourth-order valence-electron chi connectivity index (χ4n) is 6.09. The number of amides is 1. The molecule has 4 rings (SSSR count). The Morgan fingerprint density at radius 2 is 1.68 bits per heavy atom. The first-order chi connectivity index (χ1) is 24.4. The number of aromatic hydroxyl groups is 2. The number of benzene rings is 2. The van der Waals surface area contributed by atoms with Crippen molar-refractivity contribution in [2.75, 3.05) is 13.7 Å². The van der Waals surface area contributed by atoms with Crippen molar-refractivity contribution in [3.63, 3.8) is 0 Å². The maximum absolute atomic E-state index is 14.0. The number of ketones is 3. The van der Waals surface area contributed by atoms with Crippen molar-refractivity contribution >= 4 is 37.9 Å². The second-order valence-corrected chi connectivity index (χ2v) is 19.7. The monoisotopic (exact) mass is 767 g/mol. The lowest BCUT2D eigenvalue weighted by Crippen LogP contribution is -2.51. The Morgan fingerprint density at radius 1 is 1.06 bits per heavy atom. The summed E-state index contributed by atoms with van der Waals surface area (Å²) in [4.78, 5) is 64.9. The smallest absolute Gasteiger partial charge is 0.471 e. The Morgan fingerprint density at radius 3 is 2.25 bits per heavy atom. The number of carbonyl (C=O) groups is 5. The lowest BCUT2D eigenvalue weighted by molar-refractivity contribution is -0.208. The SMILES string of the molecule is COc1cccc2c1C(=O)c1c(O)c3c(c(O)c1C2=O)C[C@@](O)(C(=O)CO[Si](C)(C)C(C)(C)C)C[C@@H]3O[C@@H](C[C@H](C)NC(=O)C(F)(F)F)O[C@@H](C)C=O. The van der Waals surface area contributed by atoms with E-state index in [0.29, 0.717) is 6.29 Å². The van der Waals surface area contributed by atoms with Crippen molar-refractivity contribution < 1.29 is 71.1 Å². The average molecular weight is 768 g/mol. The molecule has 0 unspecified atom stereocenters. The van der Waals surface area contributed by atoms with E-state index in [2.05, 4.69) is 0 Å². The molecule has 0 spiro atoms. The number of aldehydes is 1. The number of Topliss-reactive ketones (excluding diaryl/α,β-unsaturated/α-hetero) is 1. The molecule has 2 aromatic carbocycles. The number of alkyl halides is 3. The van der Waals surface area contributed by atoms with Gasteiger partial charge in [-0.15, -0.1) is 0 Å². The van der Waals surface area contributed by atoms with Crippen LogP contribution in [0.15, 0.2) is 18.2 Å². The van der Waals surface area contributed by atoms with Gasteiger partial charge in [-0.2, -0.15) is 13.2 Å². The molecule has 0 aliphatic heterocycles. The molecule has 2 aliphatic carbocycles.